The molecule has 0 aliphatic heterocycles. The number of aryl methyl sites for hydroxylation is 1. The minimum atomic E-state index is -0.469. The number of benzene rings is 1. The number of H-pyrrole nitrogens is 1. The number of hydrogen-bond acceptors (Lipinski definition) is 5. The van der Waals surface area contributed by atoms with Crippen LogP contribution >= 0.6 is 23.2 Å². The minimum absolute atomic E-state index is 0.268. The van der Waals surface area contributed by atoms with Gasteiger partial charge >= 0.3 is 5.97 Å². The largest absolute Gasteiger partial charge is 0.482 e. The van der Waals surface area contributed by atoms with Gasteiger partial charge in [0.15, 0.2) is 6.61 Å². The minimum Gasteiger partial charge on any atom is -0.482 e. The van der Waals surface area contributed by atoms with E-state index in [4.69, 9.17) is 32.7 Å². The summed E-state index contributed by atoms with van der Waals surface area (Å²) in [7, 11) is 0. The molecule has 0 spiro atoms. The molecule has 144 valence electrons. The lowest BCUT2D eigenvalue weighted by Gasteiger charge is -2.06. The van der Waals surface area contributed by atoms with Crippen LogP contribution in [-0.2, 0) is 9.53 Å². The second-order valence-corrected chi connectivity index (χ2v) is 6.38. The summed E-state index contributed by atoms with van der Waals surface area (Å²) in [6, 6.07) is 4.70. The summed E-state index contributed by atoms with van der Waals surface area (Å²) < 4.78 is 10.3. The zero-order valence-electron chi connectivity index (χ0n) is 15.1. The van der Waals surface area contributed by atoms with Gasteiger partial charge in [-0.3, -0.25) is 4.79 Å². The van der Waals surface area contributed by atoms with Crippen LogP contribution < -0.4 is 10.2 Å². The fraction of sp³-hybridized carbons (Fsp3) is 0.278. The third-order valence-corrected chi connectivity index (χ3v) is 4.12. The first-order valence-electron chi connectivity index (χ1n) is 8.09. The highest BCUT2D eigenvalue weighted by atomic mass is 35.5. The van der Waals surface area contributed by atoms with Crippen LogP contribution in [0, 0.1) is 13.8 Å². The summed E-state index contributed by atoms with van der Waals surface area (Å²) in [6.07, 6.45) is 1.41. The van der Waals surface area contributed by atoms with Crippen LogP contribution in [0.4, 0.5) is 0 Å². The number of aromatic amines is 1. The lowest BCUT2D eigenvalue weighted by Crippen LogP contribution is -2.24. The smallest absolute Gasteiger partial charge is 0.340 e. The van der Waals surface area contributed by atoms with Gasteiger partial charge in [-0.1, -0.05) is 23.2 Å². The second kappa shape index (κ2) is 9.43. The van der Waals surface area contributed by atoms with E-state index < -0.39 is 11.9 Å². The molecule has 0 aliphatic rings. The number of carbonyl (C=O) groups excluding carboxylic acids is 2. The lowest BCUT2D eigenvalue weighted by molar-refractivity contribution is -0.123. The van der Waals surface area contributed by atoms with Gasteiger partial charge < -0.3 is 14.5 Å². The lowest BCUT2D eigenvalue weighted by atomic mass is 10.1. The van der Waals surface area contributed by atoms with Gasteiger partial charge in [0.25, 0.3) is 5.91 Å². The summed E-state index contributed by atoms with van der Waals surface area (Å²) in [6.45, 7) is 5.30. The van der Waals surface area contributed by atoms with Crippen LogP contribution in [0.3, 0.4) is 0 Å². The Balaban J connectivity index is 1.94. The third-order valence-electron chi connectivity index (χ3n) is 3.59. The molecule has 9 heteroatoms. The van der Waals surface area contributed by atoms with E-state index in [0.717, 1.165) is 0 Å². The molecule has 0 aliphatic carbocycles. The monoisotopic (exact) mass is 411 g/mol. The van der Waals surface area contributed by atoms with Crippen LogP contribution in [0.5, 0.6) is 5.75 Å². The molecule has 0 radical (unpaired) electrons. The van der Waals surface area contributed by atoms with Crippen molar-refractivity contribution in [1.82, 2.24) is 10.4 Å². The maximum atomic E-state index is 12.0. The van der Waals surface area contributed by atoms with Gasteiger partial charge in [-0.2, -0.15) is 5.10 Å². The fourth-order valence-electron chi connectivity index (χ4n) is 2.35. The number of carbonyl (C=O) groups is 2. The molecule has 0 saturated heterocycles. The van der Waals surface area contributed by atoms with Crippen LogP contribution in [0.1, 0.15) is 34.2 Å². The summed E-state index contributed by atoms with van der Waals surface area (Å²) in [5.74, 6) is -0.528. The SMILES string of the molecule is CCOC(=O)c1c(C)[nH]c(/C=N/NC(=O)COc2ccc(Cl)cc2Cl)c1C. The van der Waals surface area contributed by atoms with Crippen molar-refractivity contribution in [2.75, 3.05) is 13.2 Å². The van der Waals surface area contributed by atoms with E-state index in [2.05, 4.69) is 15.5 Å². The zero-order chi connectivity index (χ0) is 20.0. The number of esters is 1. The van der Waals surface area contributed by atoms with Crippen molar-refractivity contribution in [1.29, 1.82) is 0 Å². The number of hydrazone groups is 1. The Hall–Kier alpha value is -2.51. The van der Waals surface area contributed by atoms with Crippen LogP contribution in [0.25, 0.3) is 0 Å². The molecule has 27 heavy (non-hydrogen) atoms. The maximum Gasteiger partial charge on any atom is 0.340 e. The first-order valence-corrected chi connectivity index (χ1v) is 8.85. The van der Waals surface area contributed by atoms with Crippen molar-refractivity contribution in [2.24, 2.45) is 5.10 Å². The molecular formula is C18H19Cl2N3O4. The van der Waals surface area contributed by atoms with Crippen LogP contribution in [0.15, 0.2) is 23.3 Å². The molecule has 1 heterocycles. The molecular weight excluding hydrogens is 393 g/mol. The second-order valence-electron chi connectivity index (χ2n) is 5.54. The molecule has 0 unspecified atom stereocenters. The highest BCUT2D eigenvalue weighted by Gasteiger charge is 2.18. The number of rotatable bonds is 7. The Morgan fingerprint density at radius 1 is 1.30 bits per heavy atom. The molecule has 1 aromatic carbocycles. The first kappa shape index (κ1) is 20.8. The van der Waals surface area contributed by atoms with E-state index in [0.29, 0.717) is 44.9 Å². The number of aromatic nitrogens is 1. The Kier molecular flexibility index (Phi) is 7.27. The van der Waals surface area contributed by atoms with E-state index in [9.17, 15) is 9.59 Å². The van der Waals surface area contributed by atoms with E-state index in [1.165, 1.54) is 12.3 Å². The Morgan fingerprint density at radius 2 is 2.04 bits per heavy atom. The summed E-state index contributed by atoms with van der Waals surface area (Å²) >= 11 is 11.8. The quantitative estimate of drug-likeness (QED) is 0.413. The third kappa shape index (κ3) is 5.48. The predicted octanol–water partition coefficient (Wildman–Crippen LogP) is 3.64. The molecule has 1 amide bonds. The van der Waals surface area contributed by atoms with Gasteiger partial charge in [-0.15, -0.1) is 0 Å². The number of nitrogens with one attached hydrogen (secondary N) is 2. The number of ether oxygens (including phenoxy) is 2. The van der Waals surface area contributed by atoms with Gasteiger partial charge in [-0.05, 0) is 44.5 Å². The summed E-state index contributed by atoms with van der Waals surface area (Å²) in [5.41, 5.74) is 4.76. The number of nitrogens with zero attached hydrogens (tertiary/aromatic N) is 1. The normalized spacial score (nSPS) is 10.9. The number of amides is 1. The van der Waals surface area contributed by atoms with Crippen LogP contribution in [0.2, 0.25) is 10.0 Å². The van der Waals surface area contributed by atoms with E-state index in [-0.39, 0.29) is 6.61 Å². The van der Waals surface area contributed by atoms with E-state index in [1.807, 2.05) is 0 Å². The number of hydrogen-bond donors (Lipinski definition) is 2. The van der Waals surface area contributed by atoms with E-state index >= 15 is 0 Å². The maximum absolute atomic E-state index is 12.0. The molecule has 0 fully saturated rings. The van der Waals surface area contributed by atoms with Crippen molar-refractivity contribution in [3.8, 4) is 5.75 Å². The highest BCUT2D eigenvalue weighted by Crippen LogP contribution is 2.27. The van der Waals surface area contributed by atoms with Crippen LogP contribution in [-0.4, -0.2) is 36.3 Å². The standard InChI is InChI=1S/C18H19Cl2N3O4/c1-4-26-18(25)17-10(2)14(22-11(17)3)8-21-23-16(24)9-27-15-6-5-12(19)7-13(15)20/h5-8,22H,4,9H2,1-3H3,(H,23,24)/b21-8+. The van der Waals surface area contributed by atoms with Gasteiger partial charge in [0.2, 0.25) is 0 Å². The Bertz CT molecular complexity index is 878. The van der Waals surface area contributed by atoms with Gasteiger partial charge in [0, 0.05) is 10.7 Å². The van der Waals surface area contributed by atoms with Crippen molar-refractivity contribution in [3.63, 3.8) is 0 Å². The van der Waals surface area contributed by atoms with Gasteiger partial charge in [0.05, 0.1) is 29.1 Å². The zero-order valence-corrected chi connectivity index (χ0v) is 16.6. The van der Waals surface area contributed by atoms with Crippen molar-refractivity contribution < 1.29 is 19.1 Å². The molecule has 1 aromatic heterocycles. The average molecular weight is 412 g/mol. The molecule has 0 atom stereocenters. The van der Waals surface area contributed by atoms with Gasteiger partial charge in [0.1, 0.15) is 5.75 Å². The topological polar surface area (TPSA) is 92.8 Å². The number of halogens is 2. The molecule has 0 saturated carbocycles. The van der Waals surface area contributed by atoms with E-state index in [1.54, 1.807) is 32.9 Å². The van der Waals surface area contributed by atoms with Gasteiger partial charge in [-0.25, -0.2) is 10.2 Å². The first-order chi connectivity index (χ1) is 12.8. The molecule has 2 aromatic rings. The van der Waals surface area contributed by atoms with Crippen molar-refractivity contribution >= 4 is 41.3 Å². The molecule has 2 rings (SSSR count). The van der Waals surface area contributed by atoms with Crippen molar-refractivity contribution in [3.05, 3.63) is 50.8 Å². The molecule has 7 nitrogen and oxygen atoms in total. The summed E-state index contributed by atoms with van der Waals surface area (Å²) in [5, 5.41) is 4.65. The summed E-state index contributed by atoms with van der Waals surface area (Å²) in [4.78, 5) is 26.8. The fourth-order valence-corrected chi connectivity index (χ4v) is 2.81. The highest BCUT2D eigenvalue weighted by molar-refractivity contribution is 6.35. The predicted molar refractivity (Wildman–Crippen MR) is 104 cm³/mol. The Labute approximate surface area is 166 Å². The average Bonchev–Trinajstić information content (AvgIpc) is 2.88. The molecule has 0 bridgehead atoms. The van der Waals surface area contributed by atoms with Crippen molar-refractivity contribution in [2.45, 2.75) is 20.8 Å². The Morgan fingerprint density at radius 3 is 2.70 bits per heavy atom. The molecule has 2 N–H and O–H groups in total.